The summed E-state index contributed by atoms with van der Waals surface area (Å²) in [5, 5.41) is 0. The van der Waals surface area contributed by atoms with Crippen LogP contribution in [0.15, 0.2) is 0 Å². The van der Waals surface area contributed by atoms with Crippen LogP contribution in [0.2, 0.25) is 0 Å². The van der Waals surface area contributed by atoms with E-state index in [9.17, 15) is 0 Å². The van der Waals surface area contributed by atoms with Crippen molar-refractivity contribution >= 4 is 11.8 Å². The van der Waals surface area contributed by atoms with E-state index in [4.69, 9.17) is 5.73 Å². The molecule has 0 aromatic rings. The molecular formula is C12H27NS. The molecule has 2 atom stereocenters. The molecule has 0 aromatic carbocycles. The van der Waals surface area contributed by atoms with Crippen LogP contribution in [-0.2, 0) is 0 Å². The van der Waals surface area contributed by atoms with Crippen LogP contribution in [0.1, 0.15) is 52.4 Å². The lowest BCUT2D eigenvalue weighted by Gasteiger charge is -2.19. The molecule has 0 rings (SSSR count). The summed E-state index contributed by atoms with van der Waals surface area (Å²) in [5.41, 5.74) is 6.09. The van der Waals surface area contributed by atoms with E-state index in [-0.39, 0.29) is 0 Å². The molecule has 0 heterocycles. The molecular weight excluding hydrogens is 190 g/mol. The Labute approximate surface area is 94.2 Å². The Hall–Kier alpha value is 0.310. The number of nitrogens with two attached hydrogens (primary N) is 1. The van der Waals surface area contributed by atoms with Gasteiger partial charge in [-0.1, -0.05) is 39.5 Å². The summed E-state index contributed by atoms with van der Waals surface area (Å²) < 4.78 is 0. The van der Waals surface area contributed by atoms with Gasteiger partial charge in [0.25, 0.3) is 0 Å². The minimum absolute atomic E-state index is 0.434. The summed E-state index contributed by atoms with van der Waals surface area (Å²) >= 11 is 1.90. The maximum absolute atomic E-state index is 6.09. The van der Waals surface area contributed by atoms with Crippen molar-refractivity contribution < 1.29 is 0 Å². The molecule has 1 nitrogen and oxygen atoms in total. The van der Waals surface area contributed by atoms with Gasteiger partial charge in [-0.05, 0) is 30.8 Å². The Balaban J connectivity index is 3.57. The van der Waals surface area contributed by atoms with Crippen LogP contribution >= 0.6 is 11.8 Å². The summed E-state index contributed by atoms with van der Waals surface area (Å²) in [6.45, 7) is 4.56. The smallest absolute Gasteiger partial charge is 0.00493 e. The van der Waals surface area contributed by atoms with E-state index < -0.39 is 0 Å². The summed E-state index contributed by atoms with van der Waals surface area (Å²) in [4.78, 5) is 0. The van der Waals surface area contributed by atoms with Crippen molar-refractivity contribution in [3.63, 3.8) is 0 Å². The maximum atomic E-state index is 6.09. The molecule has 2 N–H and O–H groups in total. The lowest BCUT2D eigenvalue weighted by atomic mass is 9.91. The SMILES string of the molecule is CCCCC(CC)CC(N)CCSC. The zero-order chi connectivity index (χ0) is 10.8. The van der Waals surface area contributed by atoms with E-state index in [2.05, 4.69) is 20.1 Å². The second kappa shape index (κ2) is 9.85. The molecule has 0 radical (unpaired) electrons. The van der Waals surface area contributed by atoms with Crippen LogP contribution < -0.4 is 5.73 Å². The van der Waals surface area contributed by atoms with Crippen molar-refractivity contribution in [1.29, 1.82) is 0 Å². The van der Waals surface area contributed by atoms with Gasteiger partial charge in [-0.2, -0.15) is 11.8 Å². The zero-order valence-corrected chi connectivity index (χ0v) is 10.9. The largest absolute Gasteiger partial charge is 0.328 e. The van der Waals surface area contributed by atoms with Crippen molar-refractivity contribution in [3.8, 4) is 0 Å². The lowest BCUT2D eigenvalue weighted by molar-refractivity contribution is 0.381. The van der Waals surface area contributed by atoms with E-state index in [1.54, 1.807) is 0 Å². The monoisotopic (exact) mass is 217 g/mol. The highest BCUT2D eigenvalue weighted by Crippen LogP contribution is 2.19. The molecule has 2 heteroatoms. The second-order valence-corrected chi connectivity index (χ2v) is 5.18. The topological polar surface area (TPSA) is 26.0 Å². The van der Waals surface area contributed by atoms with Crippen molar-refractivity contribution in [3.05, 3.63) is 0 Å². The molecule has 0 fully saturated rings. The van der Waals surface area contributed by atoms with Gasteiger partial charge in [0, 0.05) is 6.04 Å². The molecule has 0 saturated carbocycles. The first-order valence-corrected chi connectivity index (χ1v) is 7.38. The third kappa shape index (κ3) is 7.69. The van der Waals surface area contributed by atoms with Gasteiger partial charge in [0.1, 0.15) is 0 Å². The minimum atomic E-state index is 0.434. The molecule has 0 aliphatic carbocycles. The van der Waals surface area contributed by atoms with Gasteiger partial charge >= 0.3 is 0 Å². The van der Waals surface area contributed by atoms with Gasteiger partial charge in [-0.25, -0.2) is 0 Å². The molecule has 14 heavy (non-hydrogen) atoms. The van der Waals surface area contributed by atoms with Crippen LogP contribution in [0.25, 0.3) is 0 Å². The van der Waals surface area contributed by atoms with Gasteiger partial charge in [-0.3, -0.25) is 0 Å². The molecule has 0 amide bonds. The number of hydrogen-bond acceptors (Lipinski definition) is 2. The van der Waals surface area contributed by atoms with Gasteiger partial charge in [0.05, 0.1) is 0 Å². The Kier molecular flexibility index (Phi) is 10.1. The lowest BCUT2D eigenvalue weighted by Crippen LogP contribution is -2.24. The standard InChI is InChI=1S/C12H27NS/c1-4-6-7-11(5-2)10-12(13)8-9-14-3/h11-12H,4-10,13H2,1-3H3. The molecule has 0 aliphatic heterocycles. The highest BCUT2D eigenvalue weighted by molar-refractivity contribution is 7.98. The Morgan fingerprint density at radius 1 is 1.21 bits per heavy atom. The van der Waals surface area contributed by atoms with Crippen LogP contribution in [0, 0.1) is 5.92 Å². The quantitative estimate of drug-likeness (QED) is 0.637. The minimum Gasteiger partial charge on any atom is -0.328 e. The van der Waals surface area contributed by atoms with Crippen LogP contribution in [-0.4, -0.2) is 18.1 Å². The van der Waals surface area contributed by atoms with Gasteiger partial charge in [-0.15, -0.1) is 0 Å². The Bertz CT molecular complexity index is 117. The maximum Gasteiger partial charge on any atom is 0.00493 e. The predicted molar refractivity (Wildman–Crippen MR) is 68.9 cm³/mol. The summed E-state index contributed by atoms with van der Waals surface area (Å²) in [6.07, 6.45) is 9.93. The summed E-state index contributed by atoms with van der Waals surface area (Å²) in [6, 6.07) is 0.434. The first kappa shape index (κ1) is 14.3. The fraction of sp³-hybridized carbons (Fsp3) is 1.00. The fourth-order valence-electron chi connectivity index (χ4n) is 1.80. The predicted octanol–water partition coefficient (Wildman–Crippen LogP) is 3.67. The van der Waals surface area contributed by atoms with Gasteiger partial charge < -0.3 is 5.73 Å². The molecule has 0 bridgehead atoms. The van der Waals surface area contributed by atoms with E-state index in [1.165, 1.54) is 44.3 Å². The van der Waals surface area contributed by atoms with Crippen LogP contribution in [0.5, 0.6) is 0 Å². The van der Waals surface area contributed by atoms with E-state index in [0.29, 0.717) is 6.04 Å². The molecule has 0 saturated heterocycles. The third-order valence-corrected chi connectivity index (χ3v) is 3.52. The fourth-order valence-corrected chi connectivity index (χ4v) is 2.34. The van der Waals surface area contributed by atoms with Gasteiger partial charge in [0.2, 0.25) is 0 Å². The molecule has 0 spiro atoms. The van der Waals surface area contributed by atoms with Crippen LogP contribution in [0.4, 0.5) is 0 Å². The third-order valence-electron chi connectivity index (χ3n) is 2.87. The molecule has 0 aromatic heterocycles. The highest BCUT2D eigenvalue weighted by atomic mass is 32.2. The number of hydrogen-bond donors (Lipinski definition) is 1. The highest BCUT2D eigenvalue weighted by Gasteiger charge is 2.10. The van der Waals surface area contributed by atoms with Crippen molar-refractivity contribution in [2.45, 2.75) is 58.4 Å². The Morgan fingerprint density at radius 2 is 1.93 bits per heavy atom. The zero-order valence-electron chi connectivity index (χ0n) is 10.1. The summed E-state index contributed by atoms with van der Waals surface area (Å²) in [5.74, 6) is 2.08. The summed E-state index contributed by atoms with van der Waals surface area (Å²) in [7, 11) is 0. The number of rotatable bonds is 9. The normalized spacial score (nSPS) is 15.4. The van der Waals surface area contributed by atoms with Crippen molar-refractivity contribution in [1.82, 2.24) is 0 Å². The van der Waals surface area contributed by atoms with E-state index >= 15 is 0 Å². The number of thioether (sulfide) groups is 1. The second-order valence-electron chi connectivity index (χ2n) is 4.19. The number of unbranched alkanes of at least 4 members (excludes halogenated alkanes) is 1. The Morgan fingerprint density at radius 3 is 2.43 bits per heavy atom. The first-order chi connectivity index (χ1) is 6.74. The van der Waals surface area contributed by atoms with Crippen molar-refractivity contribution in [2.75, 3.05) is 12.0 Å². The van der Waals surface area contributed by atoms with Crippen molar-refractivity contribution in [2.24, 2.45) is 11.7 Å². The molecule has 0 aliphatic rings. The average Bonchev–Trinajstić information content (AvgIpc) is 2.21. The first-order valence-electron chi connectivity index (χ1n) is 5.99. The van der Waals surface area contributed by atoms with Gasteiger partial charge in [0.15, 0.2) is 0 Å². The van der Waals surface area contributed by atoms with Crippen LogP contribution in [0.3, 0.4) is 0 Å². The molecule has 86 valence electrons. The van der Waals surface area contributed by atoms with E-state index in [1.807, 2.05) is 11.8 Å². The molecule has 2 unspecified atom stereocenters. The average molecular weight is 217 g/mol. The van der Waals surface area contributed by atoms with E-state index in [0.717, 1.165) is 5.92 Å².